The van der Waals surface area contributed by atoms with E-state index in [0.29, 0.717) is 13.0 Å². The Bertz CT molecular complexity index is 789. The number of likely N-dealkylation sites (N-methyl/N-ethyl adjacent to an activating group) is 1. The van der Waals surface area contributed by atoms with Crippen LogP contribution in [0.4, 0.5) is 0 Å². The van der Waals surface area contributed by atoms with Crippen molar-refractivity contribution in [3.05, 3.63) is 23.0 Å². The van der Waals surface area contributed by atoms with Crippen LogP contribution in [0.25, 0.3) is 0 Å². The Hall–Kier alpha value is -3.04. The maximum absolute atomic E-state index is 13.0. The van der Waals surface area contributed by atoms with E-state index in [1.165, 1.54) is 0 Å². The molecule has 0 aliphatic carbocycles. The lowest BCUT2D eigenvalue weighted by Crippen LogP contribution is -2.59. The Balaban J connectivity index is 3.84. The molecule has 1 aliphatic rings. The lowest BCUT2D eigenvalue weighted by atomic mass is 9.96. The Labute approximate surface area is 195 Å². The van der Waals surface area contributed by atoms with Crippen molar-refractivity contribution >= 4 is 23.9 Å². The number of nitrogens with zero attached hydrogens (tertiary/aromatic N) is 2. The van der Waals surface area contributed by atoms with Crippen LogP contribution in [0.15, 0.2) is 23.0 Å². The molecule has 0 aromatic carbocycles. The van der Waals surface area contributed by atoms with Crippen molar-refractivity contribution in [3.8, 4) is 0 Å². The topological polar surface area (TPSA) is 112 Å². The van der Waals surface area contributed by atoms with Crippen LogP contribution in [0, 0.1) is 0 Å². The Morgan fingerprint density at radius 2 is 1.36 bits per heavy atom. The van der Waals surface area contributed by atoms with Gasteiger partial charge < -0.3 is 28.7 Å². The zero-order valence-electron chi connectivity index (χ0n) is 20.6. The number of ether oxygens (including phenoxy) is 4. The summed E-state index contributed by atoms with van der Waals surface area (Å²) in [7, 11) is 0. The molecule has 0 spiro atoms. The van der Waals surface area contributed by atoms with E-state index in [0.717, 1.165) is 6.08 Å². The summed E-state index contributed by atoms with van der Waals surface area (Å²) in [5, 5.41) is 0. The van der Waals surface area contributed by atoms with Gasteiger partial charge in [-0.1, -0.05) is 6.92 Å². The molecular weight excluding hydrogens is 432 g/mol. The SMILES string of the molecule is CCOC(=O)/C=C(\C(=O)OCC)N1C(C)C(C(=O)OCC)=C(C(=O)OCC)N(CC)C1CC. The molecular formula is C23H36N2O8. The maximum Gasteiger partial charge on any atom is 0.355 e. The van der Waals surface area contributed by atoms with Gasteiger partial charge in [-0.05, 0) is 48.0 Å². The summed E-state index contributed by atoms with van der Waals surface area (Å²) in [6.45, 7) is 12.8. The number of carbonyl (C=O) groups is 4. The van der Waals surface area contributed by atoms with Crippen molar-refractivity contribution in [2.45, 2.75) is 67.1 Å². The highest BCUT2D eigenvalue weighted by atomic mass is 16.5. The smallest absolute Gasteiger partial charge is 0.355 e. The summed E-state index contributed by atoms with van der Waals surface area (Å²) in [5.74, 6) is -2.82. The van der Waals surface area contributed by atoms with Gasteiger partial charge in [0.1, 0.15) is 17.6 Å². The van der Waals surface area contributed by atoms with Crippen LogP contribution < -0.4 is 0 Å². The van der Waals surface area contributed by atoms with Crippen LogP contribution in [0.1, 0.15) is 54.9 Å². The van der Waals surface area contributed by atoms with Crippen LogP contribution in [0.5, 0.6) is 0 Å². The van der Waals surface area contributed by atoms with E-state index >= 15 is 0 Å². The zero-order chi connectivity index (χ0) is 25.1. The molecule has 0 saturated heterocycles. The molecule has 0 bridgehead atoms. The molecule has 2 atom stereocenters. The molecule has 0 saturated carbocycles. The number of hydrogen-bond acceptors (Lipinski definition) is 10. The van der Waals surface area contributed by atoms with Gasteiger partial charge in [0.2, 0.25) is 0 Å². The summed E-state index contributed by atoms with van der Waals surface area (Å²) in [6.07, 6.45) is 0.969. The van der Waals surface area contributed by atoms with Crippen molar-refractivity contribution in [2.24, 2.45) is 0 Å². The molecule has 0 aromatic heterocycles. The van der Waals surface area contributed by atoms with Crippen LogP contribution in [0.2, 0.25) is 0 Å². The molecule has 2 unspecified atom stereocenters. The van der Waals surface area contributed by atoms with Gasteiger partial charge in [-0.3, -0.25) is 0 Å². The summed E-state index contributed by atoms with van der Waals surface area (Å²) < 4.78 is 20.7. The lowest BCUT2D eigenvalue weighted by molar-refractivity contribution is -0.149. The van der Waals surface area contributed by atoms with Gasteiger partial charge in [-0.15, -0.1) is 0 Å². The fourth-order valence-electron chi connectivity index (χ4n) is 3.85. The first-order valence-electron chi connectivity index (χ1n) is 11.4. The molecule has 0 radical (unpaired) electrons. The lowest BCUT2D eigenvalue weighted by Gasteiger charge is -2.49. The number of hydrogen-bond donors (Lipinski definition) is 0. The normalized spacial score (nSPS) is 18.7. The highest BCUT2D eigenvalue weighted by Gasteiger charge is 2.46. The van der Waals surface area contributed by atoms with Crippen LogP contribution in [-0.4, -0.2) is 78.9 Å². The number of rotatable bonds is 11. The molecule has 33 heavy (non-hydrogen) atoms. The summed E-state index contributed by atoms with van der Waals surface area (Å²) in [4.78, 5) is 54.5. The summed E-state index contributed by atoms with van der Waals surface area (Å²) in [5.41, 5.74) is 0.0615. The predicted octanol–water partition coefficient (Wildman–Crippen LogP) is 2.14. The quantitative estimate of drug-likeness (QED) is 0.254. The first-order chi connectivity index (χ1) is 15.7. The average molecular weight is 469 g/mol. The van der Waals surface area contributed by atoms with E-state index in [1.807, 2.05) is 13.8 Å². The fourth-order valence-corrected chi connectivity index (χ4v) is 3.85. The van der Waals surface area contributed by atoms with E-state index in [2.05, 4.69) is 0 Å². The van der Waals surface area contributed by atoms with E-state index in [-0.39, 0.29) is 43.4 Å². The molecule has 1 aliphatic heterocycles. The number of carbonyl (C=O) groups excluding carboxylic acids is 4. The van der Waals surface area contributed by atoms with E-state index in [4.69, 9.17) is 18.9 Å². The molecule has 10 nitrogen and oxygen atoms in total. The highest BCUT2D eigenvalue weighted by Crippen LogP contribution is 2.35. The largest absolute Gasteiger partial charge is 0.463 e. The maximum atomic E-state index is 13.0. The van der Waals surface area contributed by atoms with Crippen LogP contribution >= 0.6 is 0 Å². The second kappa shape index (κ2) is 13.5. The van der Waals surface area contributed by atoms with E-state index in [1.54, 1.807) is 44.4 Å². The first kappa shape index (κ1) is 28.0. The third-order valence-corrected chi connectivity index (χ3v) is 5.03. The van der Waals surface area contributed by atoms with Gasteiger partial charge in [-0.25, -0.2) is 19.2 Å². The molecule has 186 valence electrons. The molecule has 1 rings (SSSR count). The van der Waals surface area contributed by atoms with Gasteiger partial charge in [-0.2, -0.15) is 0 Å². The van der Waals surface area contributed by atoms with Crippen molar-refractivity contribution in [3.63, 3.8) is 0 Å². The van der Waals surface area contributed by atoms with Crippen LogP contribution in [0.3, 0.4) is 0 Å². The summed E-state index contributed by atoms with van der Waals surface area (Å²) >= 11 is 0. The van der Waals surface area contributed by atoms with Crippen molar-refractivity contribution < 1.29 is 38.1 Å². The minimum atomic E-state index is -0.804. The van der Waals surface area contributed by atoms with Gasteiger partial charge in [0.25, 0.3) is 0 Å². The second-order valence-corrected chi connectivity index (χ2v) is 6.96. The first-order valence-corrected chi connectivity index (χ1v) is 11.4. The van der Waals surface area contributed by atoms with Gasteiger partial charge in [0, 0.05) is 6.54 Å². The monoisotopic (exact) mass is 468 g/mol. The molecule has 0 amide bonds. The molecule has 1 heterocycles. The Morgan fingerprint density at radius 1 is 0.818 bits per heavy atom. The fraction of sp³-hybridized carbons (Fsp3) is 0.652. The van der Waals surface area contributed by atoms with E-state index in [9.17, 15) is 19.2 Å². The summed E-state index contributed by atoms with van der Waals surface area (Å²) in [6, 6.07) is -0.804. The van der Waals surface area contributed by atoms with E-state index < -0.39 is 36.1 Å². The predicted molar refractivity (Wildman–Crippen MR) is 119 cm³/mol. The van der Waals surface area contributed by atoms with Crippen molar-refractivity contribution in [2.75, 3.05) is 33.0 Å². The Morgan fingerprint density at radius 3 is 1.85 bits per heavy atom. The minimum Gasteiger partial charge on any atom is -0.463 e. The average Bonchev–Trinajstić information content (AvgIpc) is 2.77. The van der Waals surface area contributed by atoms with Crippen molar-refractivity contribution in [1.29, 1.82) is 0 Å². The van der Waals surface area contributed by atoms with Gasteiger partial charge in [0.15, 0.2) is 0 Å². The molecule has 0 fully saturated rings. The Kier molecular flexibility index (Phi) is 11.4. The second-order valence-electron chi connectivity index (χ2n) is 6.96. The third kappa shape index (κ3) is 6.49. The van der Waals surface area contributed by atoms with Gasteiger partial charge in [0.05, 0.1) is 44.1 Å². The standard InChI is InChI=1S/C23H36N2O8/c1-8-17-24(9-2)20(23(29)33-13-6)19(22(28)32-12-5)15(7)25(17)16(21(27)31-11-4)14-18(26)30-10-3/h14-15,17H,8-13H2,1-7H3/b16-14+. The molecule has 10 heteroatoms. The van der Waals surface area contributed by atoms with Crippen molar-refractivity contribution in [1.82, 2.24) is 9.80 Å². The third-order valence-electron chi connectivity index (χ3n) is 5.03. The molecule has 0 N–H and O–H groups in total. The van der Waals surface area contributed by atoms with Crippen LogP contribution in [-0.2, 0) is 38.1 Å². The van der Waals surface area contributed by atoms with Gasteiger partial charge >= 0.3 is 23.9 Å². The minimum absolute atomic E-state index is 0.0425. The highest BCUT2D eigenvalue weighted by molar-refractivity contribution is 6.02. The zero-order valence-corrected chi connectivity index (χ0v) is 20.6. The number of esters is 4. The molecule has 0 aromatic rings.